The molecule has 0 saturated heterocycles. The Kier molecular flexibility index (Phi) is 1.54. The smallest absolute Gasteiger partial charge is 0.0648 e. The van der Waals surface area contributed by atoms with Gasteiger partial charge in [0.2, 0.25) is 0 Å². The molecule has 0 aromatic carbocycles. The summed E-state index contributed by atoms with van der Waals surface area (Å²) in [6.07, 6.45) is 8.37. The molecule has 1 heteroatoms. The molecule has 0 heterocycles. The first-order valence-electron chi connectivity index (χ1n) is 4.91. The minimum absolute atomic E-state index is 0.239. The Labute approximate surface area is 68.8 Å². The highest BCUT2D eigenvalue weighted by molar-refractivity contribution is 4.98. The maximum atomic E-state index is 9.93. The van der Waals surface area contributed by atoms with Crippen LogP contribution in [0.2, 0.25) is 0 Å². The second kappa shape index (κ2) is 2.22. The average Bonchev–Trinajstić information content (AvgIpc) is 2.07. The minimum Gasteiger partial charge on any atom is -0.390 e. The summed E-state index contributed by atoms with van der Waals surface area (Å²) in [6, 6.07) is 0. The third-order valence-electron chi connectivity index (χ3n) is 4.11. The Balaban J connectivity index is 2.12. The summed E-state index contributed by atoms with van der Waals surface area (Å²) in [7, 11) is 0. The van der Waals surface area contributed by atoms with Crippen LogP contribution in [0.15, 0.2) is 0 Å². The van der Waals surface area contributed by atoms with Crippen molar-refractivity contribution in [2.45, 2.75) is 57.5 Å². The highest BCUT2D eigenvalue weighted by Crippen LogP contribution is 2.53. The summed E-state index contributed by atoms with van der Waals surface area (Å²) < 4.78 is 0. The molecule has 1 N–H and O–H groups in total. The fourth-order valence-electron chi connectivity index (χ4n) is 2.77. The number of hydrogen-bond acceptors (Lipinski definition) is 1. The van der Waals surface area contributed by atoms with Crippen molar-refractivity contribution in [3.05, 3.63) is 0 Å². The van der Waals surface area contributed by atoms with Crippen LogP contribution < -0.4 is 0 Å². The average molecular weight is 154 g/mol. The van der Waals surface area contributed by atoms with E-state index in [0.29, 0.717) is 5.41 Å². The lowest BCUT2D eigenvalue weighted by atomic mass is 9.58. The maximum Gasteiger partial charge on any atom is 0.0648 e. The molecular formula is C10H18O. The van der Waals surface area contributed by atoms with Crippen LogP contribution in [0.5, 0.6) is 0 Å². The van der Waals surface area contributed by atoms with Gasteiger partial charge in [0.25, 0.3) is 0 Å². The first-order valence-corrected chi connectivity index (χ1v) is 4.91. The molecular weight excluding hydrogens is 136 g/mol. The quantitative estimate of drug-likeness (QED) is 0.615. The lowest BCUT2D eigenvalue weighted by molar-refractivity contribution is -0.0927. The Hall–Kier alpha value is -0.0400. The fourth-order valence-corrected chi connectivity index (χ4v) is 2.77. The van der Waals surface area contributed by atoms with Gasteiger partial charge < -0.3 is 5.11 Å². The van der Waals surface area contributed by atoms with Gasteiger partial charge >= 0.3 is 0 Å². The third kappa shape index (κ3) is 1.10. The van der Waals surface area contributed by atoms with Gasteiger partial charge in [-0.3, -0.25) is 0 Å². The van der Waals surface area contributed by atoms with E-state index in [2.05, 4.69) is 6.92 Å². The Morgan fingerprint density at radius 3 is 1.82 bits per heavy atom. The summed E-state index contributed by atoms with van der Waals surface area (Å²) >= 11 is 0. The molecule has 0 atom stereocenters. The summed E-state index contributed by atoms with van der Waals surface area (Å²) in [6.45, 7) is 2.30. The zero-order valence-corrected chi connectivity index (χ0v) is 7.40. The van der Waals surface area contributed by atoms with Crippen LogP contribution >= 0.6 is 0 Å². The zero-order chi connectivity index (χ0) is 7.95. The second-order valence-electron chi connectivity index (χ2n) is 4.58. The van der Waals surface area contributed by atoms with Crippen molar-refractivity contribution in [2.24, 2.45) is 5.41 Å². The normalized spacial score (nSPS) is 49.6. The molecule has 0 radical (unpaired) electrons. The fraction of sp³-hybridized carbons (Fsp3) is 1.00. The van der Waals surface area contributed by atoms with Gasteiger partial charge in [0.1, 0.15) is 0 Å². The van der Waals surface area contributed by atoms with Crippen molar-refractivity contribution < 1.29 is 5.11 Å². The van der Waals surface area contributed by atoms with Gasteiger partial charge in [0, 0.05) is 0 Å². The molecule has 11 heavy (non-hydrogen) atoms. The first kappa shape index (κ1) is 7.60. The molecule has 3 saturated carbocycles. The molecule has 0 spiro atoms. The van der Waals surface area contributed by atoms with E-state index < -0.39 is 0 Å². The van der Waals surface area contributed by atoms with Crippen molar-refractivity contribution in [3.63, 3.8) is 0 Å². The van der Waals surface area contributed by atoms with Gasteiger partial charge in [0.15, 0.2) is 0 Å². The molecule has 64 valence electrons. The number of rotatable bonds is 1. The van der Waals surface area contributed by atoms with Crippen molar-refractivity contribution in [1.82, 2.24) is 0 Å². The molecule has 3 fully saturated rings. The van der Waals surface area contributed by atoms with Crippen molar-refractivity contribution in [3.8, 4) is 0 Å². The topological polar surface area (TPSA) is 20.2 Å². The van der Waals surface area contributed by atoms with E-state index in [4.69, 9.17) is 0 Å². The van der Waals surface area contributed by atoms with Crippen LogP contribution in [-0.2, 0) is 0 Å². The summed E-state index contributed by atoms with van der Waals surface area (Å²) in [5, 5.41) is 9.93. The summed E-state index contributed by atoms with van der Waals surface area (Å²) in [4.78, 5) is 0. The lowest BCUT2D eigenvalue weighted by Crippen LogP contribution is -2.45. The highest BCUT2D eigenvalue weighted by Gasteiger charge is 2.46. The van der Waals surface area contributed by atoms with Crippen LogP contribution in [0, 0.1) is 5.41 Å². The summed E-state index contributed by atoms with van der Waals surface area (Å²) in [5.74, 6) is 0. The van der Waals surface area contributed by atoms with Gasteiger partial charge in [0.05, 0.1) is 5.60 Å². The van der Waals surface area contributed by atoms with E-state index in [1.54, 1.807) is 0 Å². The SMILES string of the molecule is CCC12CCC(O)(CC1)CC2. The van der Waals surface area contributed by atoms with Crippen LogP contribution in [0.25, 0.3) is 0 Å². The monoisotopic (exact) mass is 154 g/mol. The second-order valence-corrected chi connectivity index (χ2v) is 4.58. The van der Waals surface area contributed by atoms with Crippen LogP contribution in [0.4, 0.5) is 0 Å². The molecule has 3 aliphatic carbocycles. The predicted molar refractivity (Wildman–Crippen MR) is 45.4 cm³/mol. The lowest BCUT2D eigenvalue weighted by Gasteiger charge is -2.50. The molecule has 0 aliphatic heterocycles. The van der Waals surface area contributed by atoms with Crippen molar-refractivity contribution in [1.29, 1.82) is 0 Å². The number of aliphatic hydroxyl groups is 1. The van der Waals surface area contributed by atoms with Gasteiger partial charge in [-0.2, -0.15) is 0 Å². The van der Waals surface area contributed by atoms with Crippen molar-refractivity contribution >= 4 is 0 Å². The molecule has 3 aliphatic rings. The third-order valence-corrected chi connectivity index (χ3v) is 4.11. The van der Waals surface area contributed by atoms with Gasteiger partial charge in [-0.05, 0) is 43.9 Å². The Bertz CT molecular complexity index is 138. The largest absolute Gasteiger partial charge is 0.390 e. The zero-order valence-electron chi connectivity index (χ0n) is 7.40. The van der Waals surface area contributed by atoms with E-state index in [-0.39, 0.29) is 5.60 Å². The molecule has 0 aromatic rings. The van der Waals surface area contributed by atoms with E-state index >= 15 is 0 Å². The van der Waals surface area contributed by atoms with Crippen molar-refractivity contribution in [2.75, 3.05) is 0 Å². The molecule has 3 rings (SSSR count). The predicted octanol–water partition coefficient (Wildman–Crippen LogP) is 2.48. The number of hydrogen-bond donors (Lipinski definition) is 1. The molecule has 0 aromatic heterocycles. The minimum atomic E-state index is -0.239. The number of fused-ring (bicyclic) bond motifs is 3. The standard InChI is InChI=1S/C10H18O/c1-2-9-3-6-10(11,7-4-9)8-5-9/h11H,2-8H2,1H3. The molecule has 1 nitrogen and oxygen atoms in total. The van der Waals surface area contributed by atoms with E-state index in [9.17, 15) is 5.11 Å². The van der Waals surface area contributed by atoms with Crippen LogP contribution in [0.1, 0.15) is 51.9 Å². The summed E-state index contributed by atoms with van der Waals surface area (Å²) in [5.41, 5.74) is 0.404. The molecule has 2 bridgehead atoms. The molecule has 0 unspecified atom stereocenters. The van der Waals surface area contributed by atoms with Gasteiger partial charge in [-0.25, -0.2) is 0 Å². The Morgan fingerprint density at radius 1 is 1.00 bits per heavy atom. The van der Waals surface area contributed by atoms with Gasteiger partial charge in [-0.1, -0.05) is 13.3 Å². The highest BCUT2D eigenvalue weighted by atomic mass is 16.3. The van der Waals surface area contributed by atoms with E-state index in [0.717, 1.165) is 19.3 Å². The first-order chi connectivity index (χ1) is 5.18. The van der Waals surface area contributed by atoms with Crippen LogP contribution in [0.3, 0.4) is 0 Å². The van der Waals surface area contributed by atoms with Crippen LogP contribution in [-0.4, -0.2) is 10.7 Å². The van der Waals surface area contributed by atoms with Gasteiger partial charge in [-0.15, -0.1) is 0 Å². The van der Waals surface area contributed by atoms with E-state index in [1.807, 2.05) is 0 Å². The Morgan fingerprint density at radius 2 is 1.45 bits per heavy atom. The molecule has 0 amide bonds. The van der Waals surface area contributed by atoms with E-state index in [1.165, 1.54) is 25.7 Å². The maximum absolute atomic E-state index is 9.93.